The van der Waals surface area contributed by atoms with Gasteiger partial charge in [-0.1, -0.05) is 47.5 Å². The van der Waals surface area contributed by atoms with Gasteiger partial charge >= 0.3 is 0 Å². The first kappa shape index (κ1) is 20.4. The molecule has 0 spiro atoms. The molecule has 7 heteroatoms. The molecule has 25 heavy (non-hydrogen) atoms. The van der Waals surface area contributed by atoms with Crippen LogP contribution in [0.2, 0.25) is 0 Å². The van der Waals surface area contributed by atoms with E-state index in [0.29, 0.717) is 38.9 Å². The summed E-state index contributed by atoms with van der Waals surface area (Å²) >= 11 is 3.51. The van der Waals surface area contributed by atoms with E-state index >= 15 is 0 Å². The molecule has 0 atom stereocenters. The third-order valence-corrected chi connectivity index (χ3v) is 7.42. The average Bonchev–Trinajstić information content (AvgIpc) is 2.61. The van der Waals surface area contributed by atoms with Crippen molar-refractivity contribution in [3.63, 3.8) is 0 Å². The lowest BCUT2D eigenvalue weighted by molar-refractivity contribution is -0.135. The van der Waals surface area contributed by atoms with Crippen molar-refractivity contribution in [1.29, 1.82) is 0 Å². The number of amides is 1. The molecule has 0 aliphatic carbocycles. The zero-order valence-electron chi connectivity index (χ0n) is 14.9. The van der Waals surface area contributed by atoms with Crippen molar-refractivity contribution in [2.24, 2.45) is 5.92 Å². The minimum absolute atomic E-state index is 0.0925. The molecule has 1 heterocycles. The normalized spacial score (nSPS) is 16.8. The summed E-state index contributed by atoms with van der Waals surface area (Å²) in [6.07, 6.45) is 2.76. The van der Waals surface area contributed by atoms with Crippen molar-refractivity contribution in [2.45, 2.75) is 39.2 Å². The van der Waals surface area contributed by atoms with Gasteiger partial charge in [-0.3, -0.25) is 4.79 Å². The van der Waals surface area contributed by atoms with Crippen LogP contribution < -0.4 is 0 Å². The number of piperidine rings is 1. The van der Waals surface area contributed by atoms with E-state index in [0.717, 1.165) is 16.5 Å². The van der Waals surface area contributed by atoms with Crippen LogP contribution in [0.3, 0.4) is 0 Å². The van der Waals surface area contributed by atoms with Crippen LogP contribution in [0, 0.1) is 5.92 Å². The summed E-state index contributed by atoms with van der Waals surface area (Å²) in [7, 11) is -1.36. The van der Waals surface area contributed by atoms with Gasteiger partial charge in [-0.15, -0.1) is 0 Å². The van der Waals surface area contributed by atoms with Gasteiger partial charge in [0.1, 0.15) is 0 Å². The van der Waals surface area contributed by atoms with Gasteiger partial charge in [-0.25, -0.2) is 12.7 Å². The Bertz CT molecular complexity index is 685. The zero-order chi connectivity index (χ0) is 18.4. The lowest BCUT2D eigenvalue weighted by Gasteiger charge is -2.32. The highest BCUT2D eigenvalue weighted by molar-refractivity contribution is 9.10. The summed E-state index contributed by atoms with van der Waals surface area (Å²) in [6.45, 7) is 3.44. The summed E-state index contributed by atoms with van der Waals surface area (Å²) in [5.74, 6) is 0.218. The number of halogens is 1. The fourth-order valence-electron chi connectivity index (χ4n) is 3.11. The Hall–Kier alpha value is -0.920. The van der Waals surface area contributed by atoms with Gasteiger partial charge in [0.25, 0.3) is 0 Å². The average molecular weight is 431 g/mol. The topological polar surface area (TPSA) is 57.7 Å². The number of hydrogen-bond donors (Lipinski definition) is 0. The molecule has 0 aromatic heterocycles. The zero-order valence-corrected chi connectivity index (χ0v) is 17.4. The smallest absolute Gasteiger partial charge is 0.225 e. The summed E-state index contributed by atoms with van der Waals surface area (Å²) in [6, 6.07) is 7.87. The molecular weight excluding hydrogens is 404 g/mol. The summed E-state index contributed by atoms with van der Waals surface area (Å²) in [5.41, 5.74) is 1.07. The fraction of sp³-hybridized carbons (Fsp3) is 0.611. The highest BCUT2D eigenvalue weighted by Gasteiger charge is 2.32. The van der Waals surface area contributed by atoms with Crippen molar-refractivity contribution in [3.05, 3.63) is 34.3 Å². The van der Waals surface area contributed by atoms with Crippen LogP contribution in [0.5, 0.6) is 0 Å². The van der Waals surface area contributed by atoms with Gasteiger partial charge in [-0.05, 0) is 30.9 Å². The number of nitrogens with zero attached hydrogens (tertiary/aromatic N) is 2. The Morgan fingerprint density at radius 2 is 1.92 bits per heavy atom. The first-order valence-electron chi connectivity index (χ1n) is 8.81. The molecule has 1 fully saturated rings. The number of benzene rings is 1. The molecule has 1 aliphatic rings. The molecule has 140 valence electrons. The first-order chi connectivity index (χ1) is 11.8. The van der Waals surface area contributed by atoms with Crippen molar-refractivity contribution in [1.82, 2.24) is 9.21 Å². The van der Waals surface area contributed by atoms with E-state index in [4.69, 9.17) is 0 Å². The van der Waals surface area contributed by atoms with Gasteiger partial charge in [0.2, 0.25) is 15.9 Å². The van der Waals surface area contributed by atoms with Crippen LogP contribution in [0.4, 0.5) is 0 Å². The van der Waals surface area contributed by atoms with Gasteiger partial charge < -0.3 is 4.90 Å². The quantitative estimate of drug-likeness (QED) is 0.666. The Balaban J connectivity index is 1.89. The van der Waals surface area contributed by atoms with E-state index < -0.39 is 10.0 Å². The Morgan fingerprint density at radius 1 is 1.28 bits per heavy atom. The number of rotatable bonds is 7. The SMILES string of the molecule is CCCCS(=O)(=O)N1CCC(C(=O)N(C)Cc2ccccc2Br)CC1. The molecule has 2 rings (SSSR count). The number of hydrogen-bond acceptors (Lipinski definition) is 3. The summed E-state index contributed by atoms with van der Waals surface area (Å²) in [5, 5.41) is 0. The standard InChI is InChI=1S/C18H27BrN2O3S/c1-3-4-13-25(23,24)21-11-9-15(10-12-21)18(22)20(2)14-16-7-5-6-8-17(16)19/h5-8,15H,3-4,9-14H2,1-2H3. The van der Waals surface area contributed by atoms with Gasteiger partial charge in [-0.2, -0.15) is 0 Å². The molecule has 1 saturated heterocycles. The van der Waals surface area contributed by atoms with Crippen molar-refractivity contribution in [2.75, 3.05) is 25.9 Å². The number of carbonyl (C=O) groups is 1. The number of carbonyl (C=O) groups excluding carboxylic acids is 1. The second-order valence-corrected chi connectivity index (χ2v) is 9.57. The van der Waals surface area contributed by atoms with Crippen molar-refractivity contribution >= 4 is 31.9 Å². The third-order valence-electron chi connectivity index (χ3n) is 4.69. The van der Waals surface area contributed by atoms with E-state index in [-0.39, 0.29) is 17.6 Å². The molecule has 5 nitrogen and oxygen atoms in total. The van der Waals surface area contributed by atoms with Gasteiger partial charge in [0.05, 0.1) is 5.75 Å². The predicted octanol–water partition coefficient (Wildman–Crippen LogP) is 3.25. The van der Waals surface area contributed by atoms with E-state index in [1.54, 1.807) is 9.21 Å². The van der Waals surface area contributed by atoms with Crippen LogP contribution >= 0.6 is 15.9 Å². The molecular formula is C18H27BrN2O3S. The monoisotopic (exact) mass is 430 g/mol. The minimum atomic E-state index is -3.17. The Kier molecular flexibility index (Phi) is 7.46. The molecule has 1 aliphatic heterocycles. The predicted molar refractivity (Wildman–Crippen MR) is 104 cm³/mol. The first-order valence-corrected chi connectivity index (χ1v) is 11.2. The van der Waals surface area contributed by atoms with E-state index in [1.165, 1.54) is 0 Å². The molecule has 1 amide bonds. The van der Waals surface area contributed by atoms with E-state index in [2.05, 4.69) is 15.9 Å². The van der Waals surface area contributed by atoms with Gasteiger partial charge in [0, 0.05) is 37.1 Å². The van der Waals surface area contributed by atoms with E-state index in [1.807, 2.05) is 38.2 Å². The highest BCUT2D eigenvalue weighted by Crippen LogP contribution is 2.24. The molecule has 0 saturated carbocycles. The maximum atomic E-state index is 12.7. The molecule has 1 aromatic carbocycles. The minimum Gasteiger partial charge on any atom is -0.341 e. The lowest BCUT2D eigenvalue weighted by Crippen LogP contribution is -2.44. The Labute approximate surface area is 159 Å². The number of sulfonamides is 1. The van der Waals surface area contributed by atoms with Crippen LogP contribution in [0.1, 0.15) is 38.2 Å². The lowest BCUT2D eigenvalue weighted by atomic mass is 9.96. The largest absolute Gasteiger partial charge is 0.341 e. The second-order valence-electron chi connectivity index (χ2n) is 6.63. The molecule has 0 bridgehead atoms. The molecule has 1 aromatic rings. The van der Waals surface area contributed by atoms with Crippen LogP contribution in [0.25, 0.3) is 0 Å². The molecule has 0 N–H and O–H groups in total. The van der Waals surface area contributed by atoms with Crippen LogP contribution in [-0.4, -0.2) is 49.4 Å². The fourth-order valence-corrected chi connectivity index (χ4v) is 5.20. The van der Waals surface area contributed by atoms with Crippen LogP contribution in [0.15, 0.2) is 28.7 Å². The highest BCUT2D eigenvalue weighted by atomic mass is 79.9. The summed E-state index contributed by atoms with van der Waals surface area (Å²) in [4.78, 5) is 14.4. The van der Waals surface area contributed by atoms with E-state index in [9.17, 15) is 13.2 Å². The summed E-state index contributed by atoms with van der Waals surface area (Å²) < 4.78 is 27.1. The molecule has 0 radical (unpaired) electrons. The maximum Gasteiger partial charge on any atom is 0.225 e. The molecule has 0 unspecified atom stereocenters. The van der Waals surface area contributed by atoms with Crippen molar-refractivity contribution < 1.29 is 13.2 Å². The van der Waals surface area contributed by atoms with Crippen LogP contribution in [-0.2, 0) is 21.4 Å². The Morgan fingerprint density at radius 3 is 2.52 bits per heavy atom. The second kappa shape index (κ2) is 9.14. The number of unbranched alkanes of at least 4 members (excludes halogenated alkanes) is 1. The third kappa shape index (κ3) is 5.53. The van der Waals surface area contributed by atoms with Crippen molar-refractivity contribution in [3.8, 4) is 0 Å². The van der Waals surface area contributed by atoms with Gasteiger partial charge in [0.15, 0.2) is 0 Å². The maximum absolute atomic E-state index is 12.7.